The minimum atomic E-state index is -0.0853. The highest BCUT2D eigenvalue weighted by Crippen LogP contribution is 2.37. The molecule has 0 unspecified atom stereocenters. The highest BCUT2D eigenvalue weighted by atomic mass is 16.2. The molecule has 0 aromatic heterocycles. The number of hydrogen-bond donors (Lipinski definition) is 2. The fourth-order valence-electron chi connectivity index (χ4n) is 3.69. The maximum Gasteiger partial charge on any atom is 0.221 e. The van der Waals surface area contributed by atoms with Crippen molar-refractivity contribution in [1.29, 1.82) is 0 Å². The quantitative estimate of drug-likeness (QED) is 0.440. The average molecular weight is 394 g/mol. The summed E-state index contributed by atoms with van der Waals surface area (Å²) in [6, 6.07) is 28.3. The summed E-state index contributed by atoms with van der Waals surface area (Å²) in [6.45, 7) is 3.00. The van der Waals surface area contributed by atoms with Crippen LogP contribution in [0.3, 0.4) is 0 Å². The topological polar surface area (TPSA) is 58.2 Å². The molecule has 0 bridgehead atoms. The van der Waals surface area contributed by atoms with E-state index < -0.39 is 0 Å². The smallest absolute Gasteiger partial charge is 0.221 e. The van der Waals surface area contributed by atoms with Gasteiger partial charge in [-0.1, -0.05) is 60.7 Å². The second-order valence-electron chi connectivity index (χ2n) is 7.23. The molecule has 148 valence electrons. The Hall–Kier alpha value is -3.92. The van der Waals surface area contributed by atoms with Gasteiger partial charge in [0.15, 0.2) is 0 Å². The number of carbonyl (C=O) groups excluding carboxylic acids is 2. The van der Waals surface area contributed by atoms with E-state index in [1.807, 2.05) is 48.5 Å². The second kappa shape index (κ2) is 8.21. The zero-order valence-electron chi connectivity index (χ0n) is 16.9. The number of hydrogen-bond acceptors (Lipinski definition) is 2. The SMILES string of the molecule is CC(=O)Nc1ccc(-c2cccc3cccc(-c4ccc(NC(C)=O)cc4)c23)cc1. The van der Waals surface area contributed by atoms with Crippen molar-refractivity contribution in [1.82, 2.24) is 0 Å². The third kappa shape index (κ3) is 4.08. The highest BCUT2D eigenvalue weighted by Gasteiger charge is 2.10. The van der Waals surface area contributed by atoms with Crippen LogP contribution in [0.1, 0.15) is 13.8 Å². The van der Waals surface area contributed by atoms with Crippen LogP contribution in [-0.2, 0) is 9.59 Å². The van der Waals surface area contributed by atoms with Crippen molar-refractivity contribution in [3.63, 3.8) is 0 Å². The van der Waals surface area contributed by atoms with E-state index in [9.17, 15) is 9.59 Å². The molecular weight excluding hydrogens is 372 g/mol. The summed E-state index contributed by atoms with van der Waals surface area (Å²) in [5, 5.41) is 7.94. The van der Waals surface area contributed by atoms with Crippen LogP contribution >= 0.6 is 0 Å². The van der Waals surface area contributed by atoms with Crippen LogP contribution in [-0.4, -0.2) is 11.8 Å². The van der Waals surface area contributed by atoms with E-state index in [-0.39, 0.29) is 11.8 Å². The van der Waals surface area contributed by atoms with Crippen molar-refractivity contribution in [2.24, 2.45) is 0 Å². The molecule has 0 radical (unpaired) electrons. The number of nitrogens with one attached hydrogen (secondary N) is 2. The normalized spacial score (nSPS) is 10.6. The highest BCUT2D eigenvalue weighted by molar-refractivity contribution is 6.06. The van der Waals surface area contributed by atoms with Gasteiger partial charge in [0, 0.05) is 25.2 Å². The molecule has 0 fully saturated rings. The fraction of sp³-hybridized carbons (Fsp3) is 0.0769. The van der Waals surface area contributed by atoms with Crippen LogP contribution in [0.25, 0.3) is 33.0 Å². The molecule has 0 aliphatic heterocycles. The number of fused-ring (bicyclic) bond motifs is 1. The van der Waals surface area contributed by atoms with E-state index in [1.54, 1.807) is 0 Å². The molecule has 0 aliphatic carbocycles. The zero-order valence-corrected chi connectivity index (χ0v) is 16.9. The Bertz CT molecular complexity index is 1130. The third-order valence-electron chi connectivity index (χ3n) is 4.94. The monoisotopic (exact) mass is 394 g/mol. The Balaban J connectivity index is 1.81. The van der Waals surface area contributed by atoms with Crippen LogP contribution in [0, 0.1) is 0 Å². The van der Waals surface area contributed by atoms with E-state index in [0.717, 1.165) is 39.0 Å². The lowest BCUT2D eigenvalue weighted by Crippen LogP contribution is -2.05. The maximum atomic E-state index is 11.3. The Morgan fingerprint density at radius 1 is 0.567 bits per heavy atom. The fourth-order valence-corrected chi connectivity index (χ4v) is 3.69. The molecule has 0 heterocycles. The number of anilines is 2. The van der Waals surface area contributed by atoms with Crippen molar-refractivity contribution in [2.75, 3.05) is 10.6 Å². The molecule has 2 amide bonds. The van der Waals surface area contributed by atoms with Gasteiger partial charge < -0.3 is 10.6 Å². The van der Waals surface area contributed by atoms with E-state index in [4.69, 9.17) is 0 Å². The molecule has 4 nitrogen and oxygen atoms in total. The van der Waals surface area contributed by atoms with Crippen LogP contribution in [0.4, 0.5) is 11.4 Å². The summed E-state index contributed by atoms with van der Waals surface area (Å²) < 4.78 is 0. The predicted octanol–water partition coefficient (Wildman–Crippen LogP) is 6.09. The first-order valence-electron chi connectivity index (χ1n) is 9.79. The van der Waals surface area contributed by atoms with Crippen molar-refractivity contribution >= 4 is 34.0 Å². The van der Waals surface area contributed by atoms with Crippen molar-refractivity contribution in [3.05, 3.63) is 84.9 Å². The summed E-state index contributed by atoms with van der Waals surface area (Å²) >= 11 is 0. The first-order valence-corrected chi connectivity index (χ1v) is 9.79. The molecule has 4 heteroatoms. The molecule has 0 saturated carbocycles. The molecule has 4 aromatic carbocycles. The first-order chi connectivity index (χ1) is 14.5. The van der Waals surface area contributed by atoms with Gasteiger partial charge in [-0.2, -0.15) is 0 Å². The first kappa shape index (κ1) is 19.4. The third-order valence-corrected chi connectivity index (χ3v) is 4.94. The predicted molar refractivity (Wildman–Crippen MR) is 123 cm³/mol. The number of amides is 2. The van der Waals surface area contributed by atoms with Crippen LogP contribution in [0.2, 0.25) is 0 Å². The lowest BCUT2D eigenvalue weighted by atomic mass is 9.91. The van der Waals surface area contributed by atoms with Gasteiger partial charge >= 0.3 is 0 Å². The van der Waals surface area contributed by atoms with Gasteiger partial charge in [-0.15, -0.1) is 0 Å². The summed E-state index contributed by atoms with van der Waals surface area (Å²) in [5.41, 5.74) is 5.97. The van der Waals surface area contributed by atoms with Crippen LogP contribution in [0.5, 0.6) is 0 Å². The zero-order chi connectivity index (χ0) is 21.1. The summed E-state index contributed by atoms with van der Waals surface area (Å²) in [5.74, 6) is -0.171. The average Bonchev–Trinajstić information content (AvgIpc) is 2.73. The van der Waals surface area contributed by atoms with Gasteiger partial charge in [0.1, 0.15) is 0 Å². The molecular formula is C26H22N2O2. The largest absolute Gasteiger partial charge is 0.326 e. The molecule has 4 rings (SSSR count). The molecule has 4 aromatic rings. The minimum Gasteiger partial charge on any atom is -0.326 e. The van der Waals surface area contributed by atoms with Crippen molar-refractivity contribution in [3.8, 4) is 22.3 Å². The van der Waals surface area contributed by atoms with E-state index in [2.05, 4.69) is 47.0 Å². The molecule has 0 saturated heterocycles. The summed E-state index contributed by atoms with van der Waals surface area (Å²) in [6.07, 6.45) is 0. The second-order valence-corrected chi connectivity index (χ2v) is 7.23. The molecule has 0 spiro atoms. The Kier molecular flexibility index (Phi) is 5.31. The van der Waals surface area contributed by atoms with Crippen LogP contribution in [0.15, 0.2) is 84.9 Å². The Labute approximate surface area is 175 Å². The van der Waals surface area contributed by atoms with Gasteiger partial charge in [0.05, 0.1) is 0 Å². The number of benzene rings is 4. The number of carbonyl (C=O) groups is 2. The van der Waals surface area contributed by atoms with Crippen LogP contribution < -0.4 is 10.6 Å². The molecule has 0 atom stereocenters. The van der Waals surface area contributed by atoms with E-state index in [0.29, 0.717) is 0 Å². The Morgan fingerprint density at radius 2 is 0.967 bits per heavy atom. The summed E-state index contributed by atoms with van der Waals surface area (Å²) in [4.78, 5) is 22.6. The van der Waals surface area contributed by atoms with Gasteiger partial charge in [-0.25, -0.2) is 0 Å². The van der Waals surface area contributed by atoms with Crippen molar-refractivity contribution in [2.45, 2.75) is 13.8 Å². The number of rotatable bonds is 4. The molecule has 0 aliphatic rings. The van der Waals surface area contributed by atoms with E-state index >= 15 is 0 Å². The van der Waals surface area contributed by atoms with Gasteiger partial charge in [0.25, 0.3) is 0 Å². The summed E-state index contributed by atoms with van der Waals surface area (Å²) in [7, 11) is 0. The standard InChI is InChI=1S/C26H22N2O2/c1-17(29)27-22-13-9-19(10-14-22)24-7-3-5-21-6-4-8-25(26(21)24)20-11-15-23(16-12-20)28-18(2)30/h3-16H,1-2H3,(H,27,29)(H,28,30). The van der Waals surface area contributed by atoms with Crippen molar-refractivity contribution < 1.29 is 9.59 Å². The maximum absolute atomic E-state index is 11.3. The van der Waals surface area contributed by atoms with Gasteiger partial charge in [0.2, 0.25) is 11.8 Å². The molecule has 2 N–H and O–H groups in total. The van der Waals surface area contributed by atoms with Gasteiger partial charge in [-0.05, 0) is 57.3 Å². The minimum absolute atomic E-state index is 0.0853. The Morgan fingerprint density at radius 3 is 1.33 bits per heavy atom. The van der Waals surface area contributed by atoms with E-state index in [1.165, 1.54) is 19.2 Å². The molecule has 30 heavy (non-hydrogen) atoms. The van der Waals surface area contributed by atoms with Gasteiger partial charge in [-0.3, -0.25) is 9.59 Å². The lowest BCUT2D eigenvalue weighted by molar-refractivity contribution is -0.115. The lowest BCUT2D eigenvalue weighted by Gasteiger charge is -2.13.